The molecule has 13 heavy (non-hydrogen) atoms. The summed E-state index contributed by atoms with van der Waals surface area (Å²) < 4.78 is 1.23. The predicted octanol–water partition coefficient (Wildman–Crippen LogP) is 4.36. The summed E-state index contributed by atoms with van der Waals surface area (Å²) in [4.78, 5) is 0. The van der Waals surface area contributed by atoms with Crippen LogP contribution in [-0.2, 0) is 5.41 Å². The highest BCUT2D eigenvalue weighted by molar-refractivity contribution is 9.10. The molecule has 0 fully saturated rings. The number of hydrogen-bond donors (Lipinski definition) is 0. The third kappa shape index (κ3) is 2.14. The van der Waals surface area contributed by atoms with E-state index in [0.717, 1.165) is 0 Å². The monoisotopic (exact) mass is 240 g/mol. The molecule has 0 saturated heterocycles. The number of rotatable bonds is 0. The fraction of sp³-hybridized carbons (Fsp3) is 0.500. The molecule has 0 atom stereocenters. The van der Waals surface area contributed by atoms with Crippen molar-refractivity contribution in [3.05, 3.63) is 33.3 Å². The summed E-state index contributed by atoms with van der Waals surface area (Å²) in [6, 6.07) is 4.30. The van der Waals surface area contributed by atoms with E-state index < -0.39 is 0 Å². The minimum absolute atomic E-state index is 0.217. The summed E-state index contributed by atoms with van der Waals surface area (Å²) in [5.41, 5.74) is 4.41. The molecule has 0 amide bonds. The van der Waals surface area contributed by atoms with E-state index in [1.165, 1.54) is 21.2 Å². The highest BCUT2D eigenvalue weighted by Gasteiger charge is 2.19. The van der Waals surface area contributed by atoms with Crippen LogP contribution in [-0.4, -0.2) is 0 Å². The Morgan fingerprint density at radius 2 is 1.62 bits per heavy atom. The lowest BCUT2D eigenvalue weighted by atomic mass is 9.83. The summed E-state index contributed by atoms with van der Waals surface area (Å²) in [6.45, 7) is 11.1. The average molecular weight is 241 g/mol. The first-order valence-corrected chi connectivity index (χ1v) is 5.39. The van der Waals surface area contributed by atoms with Gasteiger partial charge in [-0.15, -0.1) is 0 Å². The van der Waals surface area contributed by atoms with E-state index in [9.17, 15) is 0 Å². The van der Waals surface area contributed by atoms with Gasteiger partial charge >= 0.3 is 0 Å². The summed E-state index contributed by atoms with van der Waals surface area (Å²) in [6.07, 6.45) is 0. The van der Waals surface area contributed by atoms with Crippen LogP contribution in [0.1, 0.15) is 37.5 Å². The van der Waals surface area contributed by atoms with Gasteiger partial charge in [0, 0.05) is 4.47 Å². The molecule has 0 nitrogen and oxygen atoms in total. The van der Waals surface area contributed by atoms with E-state index in [4.69, 9.17) is 0 Å². The van der Waals surface area contributed by atoms with Crippen molar-refractivity contribution in [2.75, 3.05) is 0 Å². The molecule has 0 aliphatic heterocycles. The summed E-state index contributed by atoms with van der Waals surface area (Å²) in [5, 5.41) is 0. The Morgan fingerprint density at radius 1 is 1.08 bits per heavy atom. The average Bonchev–Trinajstić information content (AvgIpc) is 1.95. The van der Waals surface area contributed by atoms with Crippen LogP contribution >= 0.6 is 15.9 Å². The van der Waals surface area contributed by atoms with Gasteiger partial charge in [-0.25, -0.2) is 0 Å². The molecule has 0 spiro atoms. The van der Waals surface area contributed by atoms with Crippen LogP contribution in [0.4, 0.5) is 0 Å². The van der Waals surface area contributed by atoms with Crippen molar-refractivity contribution in [3.8, 4) is 0 Å². The van der Waals surface area contributed by atoms with Gasteiger partial charge in [-0.05, 0) is 42.0 Å². The van der Waals surface area contributed by atoms with Crippen LogP contribution in [0.15, 0.2) is 16.6 Å². The molecule has 1 aromatic rings. The van der Waals surface area contributed by atoms with Gasteiger partial charge in [0.2, 0.25) is 0 Å². The normalized spacial score (nSPS) is 11.8. The third-order valence-corrected chi connectivity index (χ3v) is 3.10. The fourth-order valence-electron chi connectivity index (χ4n) is 1.70. The minimum atomic E-state index is 0.217. The molecule has 0 aromatic heterocycles. The first-order chi connectivity index (χ1) is 5.84. The van der Waals surface area contributed by atoms with Crippen molar-refractivity contribution < 1.29 is 0 Å². The predicted molar refractivity (Wildman–Crippen MR) is 62.3 cm³/mol. The molecule has 0 radical (unpaired) electrons. The third-order valence-electron chi connectivity index (χ3n) is 2.43. The van der Waals surface area contributed by atoms with Crippen LogP contribution in [0, 0.1) is 13.8 Å². The lowest BCUT2D eigenvalue weighted by molar-refractivity contribution is 0.582. The topological polar surface area (TPSA) is 0 Å². The Bertz CT molecular complexity index is 319. The van der Waals surface area contributed by atoms with E-state index in [2.05, 4.69) is 62.7 Å². The summed E-state index contributed by atoms with van der Waals surface area (Å²) >= 11 is 3.62. The Morgan fingerprint density at radius 3 is 2.00 bits per heavy atom. The Labute approximate surface area is 89.5 Å². The number of aryl methyl sites for hydroxylation is 1. The van der Waals surface area contributed by atoms with E-state index in [1.54, 1.807) is 0 Å². The maximum Gasteiger partial charge on any atom is 0.0215 e. The molecular formula is C12H17Br. The molecule has 0 heterocycles. The largest absolute Gasteiger partial charge is 0.0579 e. The molecule has 0 saturated carbocycles. The second kappa shape index (κ2) is 3.45. The Hall–Kier alpha value is -0.300. The van der Waals surface area contributed by atoms with Gasteiger partial charge in [0.15, 0.2) is 0 Å². The van der Waals surface area contributed by atoms with E-state index in [1.807, 2.05) is 0 Å². The molecule has 0 N–H and O–H groups in total. The summed E-state index contributed by atoms with van der Waals surface area (Å²) in [7, 11) is 0. The number of benzene rings is 1. The van der Waals surface area contributed by atoms with E-state index in [0.29, 0.717) is 0 Å². The standard InChI is InChI=1S/C12H17Br/c1-8-6-7-10(13)11(9(8)2)12(3,4)5/h6-7H,1-5H3. The zero-order valence-corrected chi connectivity index (χ0v) is 10.6. The molecule has 72 valence electrons. The van der Waals surface area contributed by atoms with Crippen molar-refractivity contribution in [2.45, 2.75) is 40.0 Å². The van der Waals surface area contributed by atoms with Crippen molar-refractivity contribution in [2.24, 2.45) is 0 Å². The van der Waals surface area contributed by atoms with Gasteiger partial charge in [-0.1, -0.05) is 42.8 Å². The molecule has 0 bridgehead atoms. The minimum Gasteiger partial charge on any atom is -0.0579 e. The zero-order chi connectivity index (χ0) is 10.2. The first kappa shape index (κ1) is 10.8. The molecular weight excluding hydrogens is 224 g/mol. The maximum atomic E-state index is 3.62. The number of hydrogen-bond acceptors (Lipinski definition) is 0. The van der Waals surface area contributed by atoms with Gasteiger partial charge in [-0.2, -0.15) is 0 Å². The van der Waals surface area contributed by atoms with Crippen molar-refractivity contribution in [1.29, 1.82) is 0 Å². The van der Waals surface area contributed by atoms with Crippen LogP contribution in [0.3, 0.4) is 0 Å². The molecule has 0 aliphatic carbocycles. The lowest BCUT2D eigenvalue weighted by Gasteiger charge is -2.24. The second-order valence-corrected chi connectivity index (χ2v) is 5.47. The molecule has 1 aromatic carbocycles. The Kier molecular flexibility index (Phi) is 2.86. The zero-order valence-electron chi connectivity index (χ0n) is 9.03. The highest BCUT2D eigenvalue weighted by Crippen LogP contribution is 2.33. The van der Waals surface area contributed by atoms with Gasteiger partial charge in [-0.3, -0.25) is 0 Å². The van der Waals surface area contributed by atoms with E-state index >= 15 is 0 Å². The van der Waals surface area contributed by atoms with Crippen molar-refractivity contribution >= 4 is 15.9 Å². The van der Waals surface area contributed by atoms with Crippen LogP contribution in [0.2, 0.25) is 0 Å². The SMILES string of the molecule is Cc1ccc(Br)c(C(C)(C)C)c1C. The number of halogens is 1. The van der Waals surface area contributed by atoms with Crippen LogP contribution in [0.5, 0.6) is 0 Å². The summed E-state index contributed by atoms with van der Waals surface area (Å²) in [5.74, 6) is 0. The van der Waals surface area contributed by atoms with Crippen LogP contribution < -0.4 is 0 Å². The van der Waals surface area contributed by atoms with Gasteiger partial charge in [0.25, 0.3) is 0 Å². The van der Waals surface area contributed by atoms with Gasteiger partial charge in [0.1, 0.15) is 0 Å². The van der Waals surface area contributed by atoms with E-state index in [-0.39, 0.29) is 5.41 Å². The highest BCUT2D eigenvalue weighted by atomic mass is 79.9. The molecule has 1 rings (SSSR count). The molecule has 0 unspecified atom stereocenters. The molecule has 1 heteroatoms. The fourth-order valence-corrected chi connectivity index (χ4v) is 2.73. The van der Waals surface area contributed by atoms with Crippen molar-refractivity contribution in [3.63, 3.8) is 0 Å². The smallest absolute Gasteiger partial charge is 0.0215 e. The van der Waals surface area contributed by atoms with Crippen molar-refractivity contribution in [1.82, 2.24) is 0 Å². The second-order valence-electron chi connectivity index (χ2n) is 4.61. The maximum absolute atomic E-state index is 3.62. The van der Waals surface area contributed by atoms with Gasteiger partial charge < -0.3 is 0 Å². The molecule has 0 aliphatic rings. The van der Waals surface area contributed by atoms with Crippen LogP contribution in [0.25, 0.3) is 0 Å². The lowest BCUT2D eigenvalue weighted by Crippen LogP contribution is -2.14. The first-order valence-electron chi connectivity index (χ1n) is 4.60. The quantitative estimate of drug-likeness (QED) is 0.632. The Balaban J connectivity index is 3.43. The van der Waals surface area contributed by atoms with Gasteiger partial charge in [0.05, 0.1) is 0 Å².